The van der Waals surface area contributed by atoms with Gasteiger partial charge in [-0.3, -0.25) is 9.59 Å². The summed E-state index contributed by atoms with van der Waals surface area (Å²) in [7, 11) is 0. The third-order valence-corrected chi connectivity index (χ3v) is 6.27. The molecular formula is C24H38O4S. The summed E-state index contributed by atoms with van der Waals surface area (Å²) in [6, 6.07) is 7.37. The van der Waals surface area contributed by atoms with Gasteiger partial charge in [0.15, 0.2) is 5.41 Å². The Morgan fingerprint density at radius 2 is 1.45 bits per heavy atom. The molecule has 4 nitrogen and oxygen atoms in total. The maximum atomic E-state index is 12.9. The van der Waals surface area contributed by atoms with E-state index in [1.165, 1.54) is 50.3 Å². The minimum absolute atomic E-state index is 0.361. The van der Waals surface area contributed by atoms with Crippen molar-refractivity contribution in [1.29, 1.82) is 0 Å². The first-order valence-corrected chi connectivity index (χ1v) is 12.3. The minimum atomic E-state index is -1.24. The van der Waals surface area contributed by atoms with Crippen molar-refractivity contribution in [3.8, 4) is 5.75 Å². The number of hydrogen-bond donors (Lipinski definition) is 0. The average Bonchev–Trinajstić information content (AvgIpc) is 2.74. The van der Waals surface area contributed by atoms with Gasteiger partial charge in [0.25, 0.3) is 0 Å². The van der Waals surface area contributed by atoms with E-state index in [1.54, 1.807) is 6.07 Å². The molecule has 0 fully saturated rings. The van der Waals surface area contributed by atoms with Crippen LogP contribution in [0.25, 0.3) is 0 Å². The Labute approximate surface area is 181 Å². The summed E-state index contributed by atoms with van der Waals surface area (Å²) in [5.74, 6) is -0.492. The lowest BCUT2D eigenvalue weighted by molar-refractivity contribution is -0.168. The molecule has 1 aromatic carbocycles. The molecule has 0 aliphatic carbocycles. The van der Waals surface area contributed by atoms with E-state index in [0.29, 0.717) is 25.2 Å². The van der Waals surface area contributed by atoms with Gasteiger partial charge in [-0.15, -0.1) is 11.8 Å². The van der Waals surface area contributed by atoms with Crippen LogP contribution >= 0.6 is 11.8 Å². The second-order valence-corrected chi connectivity index (χ2v) is 8.29. The second kappa shape index (κ2) is 14.5. The number of rotatable bonds is 15. The van der Waals surface area contributed by atoms with Crippen molar-refractivity contribution in [3.63, 3.8) is 0 Å². The maximum absolute atomic E-state index is 12.9. The van der Waals surface area contributed by atoms with Crippen LogP contribution in [0.1, 0.15) is 85.0 Å². The van der Waals surface area contributed by atoms with Crippen molar-refractivity contribution < 1.29 is 19.1 Å². The van der Waals surface area contributed by atoms with Crippen molar-refractivity contribution >= 4 is 23.7 Å². The van der Waals surface area contributed by atoms with Crippen LogP contribution in [0.5, 0.6) is 5.75 Å². The lowest BCUT2D eigenvalue weighted by Gasteiger charge is -2.27. The molecule has 0 amide bonds. The van der Waals surface area contributed by atoms with Gasteiger partial charge >= 0.3 is 11.9 Å². The number of hydrogen-bond acceptors (Lipinski definition) is 5. The molecule has 0 spiro atoms. The van der Waals surface area contributed by atoms with Crippen molar-refractivity contribution in [2.45, 2.75) is 89.9 Å². The van der Waals surface area contributed by atoms with Crippen LogP contribution in [-0.2, 0) is 14.3 Å². The fraction of sp³-hybridized carbons (Fsp3) is 0.667. The molecule has 5 heteroatoms. The predicted molar refractivity (Wildman–Crippen MR) is 120 cm³/mol. The van der Waals surface area contributed by atoms with Crippen molar-refractivity contribution in [2.24, 2.45) is 5.41 Å². The molecular weight excluding hydrogens is 384 g/mol. The first-order valence-electron chi connectivity index (χ1n) is 11.1. The van der Waals surface area contributed by atoms with E-state index in [2.05, 4.69) is 6.92 Å². The van der Waals surface area contributed by atoms with Crippen molar-refractivity contribution in [2.75, 3.05) is 12.9 Å². The van der Waals surface area contributed by atoms with E-state index in [9.17, 15) is 9.59 Å². The first kappa shape index (κ1) is 25.5. The molecule has 0 bridgehead atoms. The van der Waals surface area contributed by atoms with E-state index in [0.717, 1.165) is 17.7 Å². The number of benzene rings is 1. The molecule has 164 valence electrons. The molecule has 0 radical (unpaired) electrons. The van der Waals surface area contributed by atoms with Crippen molar-refractivity contribution in [1.82, 2.24) is 0 Å². The molecule has 0 atom stereocenters. The molecule has 0 saturated carbocycles. The van der Waals surface area contributed by atoms with Crippen LogP contribution in [-0.4, -0.2) is 24.8 Å². The fourth-order valence-corrected chi connectivity index (χ4v) is 3.88. The van der Waals surface area contributed by atoms with Gasteiger partial charge in [0.1, 0.15) is 5.75 Å². The van der Waals surface area contributed by atoms with Gasteiger partial charge in [0.05, 0.1) is 6.61 Å². The van der Waals surface area contributed by atoms with Gasteiger partial charge in [-0.05, 0) is 37.7 Å². The maximum Gasteiger partial charge on any atom is 0.328 e. The molecule has 1 aromatic rings. The molecule has 0 aliphatic rings. The summed E-state index contributed by atoms with van der Waals surface area (Å²) in [4.78, 5) is 26.6. The summed E-state index contributed by atoms with van der Waals surface area (Å²) in [5, 5.41) is 0. The van der Waals surface area contributed by atoms with Crippen LogP contribution in [0.15, 0.2) is 29.2 Å². The third kappa shape index (κ3) is 8.04. The molecule has 0 N–H and O–H groups in total. The average molecular weight is 423 g/mol. The standard InChI is InChI=1S/C24H38O4S/c1-5-8-9-10-11-12-13-16-19-27-22(25)24(6-2,7-3)23(26)28-20-17-14-15-18-21(20)29-4/h14-15,17-18H,5-13,16,19H2,1-4H3. The van der Waals surface area contributed by atoms with Crippen LogP contribution in [0.4, 0.5) is 0 Å². The smallest absolute Gasteiger partial charge is 0.328 e. The Morgan fingerprint density at radius 3 is 2.03 bits per heavy atom. The quantitative estimate of drug-likeness (QED) is 0.102. The zero-order valence-corrected chi connectivity index (χ0v) is 19.4. The lowest BCUT2D eigenvalue weighted by Crippen LogP contribution is -2.42. The number of esters is 2. The number of thioether (sulfide) groups is 1. The van der Waals surface area contributed by atoms with Gasteiger partial charge in [-0.25, -0.2) is 0 Å². The van der Waals surface area contributed by atoms with Gasteiger partial charge in [0.2, 0.25) is 0 Å². The summed E-state index contributed by atoms with van der Waals surface area (Å²) in [6.45, 7) is 6.26. The number of ether oxygens (including phenoxy) is 2. The van der Waals surface area contributed by atoms with E-state index in [1.807, 2.05) is 38.3 Å². The molecule has 1 rings (SSSR count). The van der Waals surface area contributed by atoms with E-state index >= 15 is 0 Å². The summed E-state index contributed by atoms with van der Waals surface area (Å²) in [6.07, 6.45) is 12.1. The fourth-order valence-electron chi connectivity index (χ4n) is 3.35. The topological polar surface area (TPSA) is 52.6 Å². The molecule has 0 aromatic heterocycles. The highest BCUT2D eigenvalue weighted by Gasteiger charge is 2.46. The van der Waals surface area contributed by atoms with Gasteiger partial charge in [-0.1, -0.05) is 77.8 Å². The SMILES string of the molecule is CCCCCCCCCCOC(=O)C(CC)(CC)C(=O)Oc1ccccc1SC. The lowest BCUT2D eigenvalue weighted by atomic mass is 9.82. The predicted octanol–water partition coefficient (Wildman–Crippen LogP) is 6.80. The Kier molecular flexibility index (Phi) is 12.8. The Hall–Kier alpha value is -1.49. The zero-order chi connectivity index (χ0) is 21.5. The van der Waals surface area contributed by atoms with E-state index in [4.69, 9.17) is 9.47 Å². The Balaban J connectivity index is 2.54. The van der Waals surface area contributed by atoms with Crippen LogP contribution in [0.2, 0.25) is 0 Å². The molecule has 0 aliphatic heterocycles. The molecule has 29 heavy (non-hydrogen) atoms. The number of unbranched alkanes of at least 4 members (excludes halogenated alkanes) is 7. The molecule has 0 saturated heterocycles. The van der Waals surface area contributed by atoms with Gasteiger partial charge in [0, 0.05) is 4.90 Å². The first-order chi connectivity index (χ1) is 14.1. The highest BCUT2D eigenvalue weighted by Crippen LogP contribution is 2.34. The highest BCUT2D eigenvalue weighted by molar-refractivity contribution is 7.98. The largest absolute Gasteiger partial charge is 0.465 e. The number of carbonyl (C=O) groups is 2. The van der Waals surface area contributed by atoms with E-state index < -0.39 is 17.4 Å². The summed E-state index contributed by atoms with van der Waals surface area (Å²) < 4.78 is 11.1. The molecule has 0 heterocycles. The summed E-state index contributed by atoms with van der Waals surface area (Å²) in [5.41, 5.74) is -1.24. The third-order valence-electron chi connectivity index (χ3n) is 5.49. The van der Waals surface area contributed by atoms with Gasteiger partial charge < -0.3 is 9.47 Å². The number of carbonyl (C=O) groups excluding carboxylic acids is 2. The minimum Gasteiger partial charge on any atom is -0.465 e. The zero-order valence-electron chi connectivity index (χ0n) is 18.6. The number of para-hydroxylation sites is 1. The monoisotopic (exact) mass is 422 g/mol. The van der Waals surface area contributed by atoms with Gasteiger partial charge in [-0.2, -0.15) is 0 Å². The van der Waals surface area contributed by atoms with Crippen molar-refractivity contribution in [3.05, 3.63) is 24.3 Å². The van der Waals surface area contributed by atoms with Crippen LogP contribution < -0.4 is 4.74 Å². The summed E-state index contributed by atoms with van der Waals surface area (Å²) >= 11 is 1.51. The van der Waals surface area contributed by atoms with Crippen LogP contribution in [0.3, 0.4) is 0 Å². The van der Waals surface area contributed by atoms with E-state index in [-0.39, 0.29) is 0 Å². The highest BCUT2D eigenvalue weighted by atomic mass is 32.2. The van der Waals surface area contributed by atoms with Crippen LogP contribution in [0, 0.1) is 5.41 Å². The Bertz CT molecular complexity index is 611. The Morgan fingerprint density at radius 1 is 0.862 bits per heavy atom. The molecule has 0 unspecified atom stereocenters. The normalized spacial score (nSPS) is 11.3. The second-order valence-electron chi connectivity index (χ2n) is 7.44.